The van der Waals surface area contributed by atoms with E-state index in [-0.39, 0.29) is 22.9 Å². The number of hydrogen-bond donors (Lipinski definition) is 2. The van der Waals surface area contributed by atoms with Crippen LogP contribution < -0.4 is 10.0 Å². The number of benzene rings is 2. The Morgan fingerprint density at radius 1 is 1.04 bits per heavy atom. The molecule has 0 fully saturated rings. The summed E-state index contributed by atoms with van der Waals surface area (Å²) in [6.07, 6.45) is 0.702. The third kappa shape index (κ3) is 5.40. The summed E-state index contributed by atoms with van der Waals surface area (Å²) in [6.45, 7) is 5.62. The highest BCUT2D eigenvalue weighted by Crippen LogP contribution is 2.18. The summed E-state index contributed by atoms with van der Waals surface area (Å²) in [5.74, 6) is -0.251. The number of halogens is 1. The lowest BCUT2D eigenvalue weighted by molar-refractivity contribution is 0.0940. The monoisotopic (exact) mass is 438 g/mol. The average molecular weight is 439 g/mol. The van der Waals surface area contributed by atoms with E-state index in [1.807, 2.05) is 45.0 Å². The number of hydrogen-bond acceptors (Lipinski definition) is 3. The smallest absolute Gasteiger partial charge is 0.251 e. The molecule has 1 amide bonds. The zero-order chi connectivity index (χ0) is 19.3. The Kier molecular flexibility index (Phi) is 6.97. The highest BCUT2D eigenvalue weighted by Gasteiger charge is 2.17. The first kappa shape index (κ1) is 20.6. The second-order valence-corrected chi connectivity index (χ2v) is 8.83. The van der Waals surface area contributed by atoms with Crippen LogP contribution in [0.25, 0.3) is 0 Å². The molecule has 0 bridgehead atoms. The lowest BCUT2D eigenvalue weighted by Gasteiger charge is -2.15. The van der Waals surface area contributed by atoms with Gasteiger partial charge in [0.15, 0.2) is 0 Å². The number of nitrogens with one attached hydrogen (secondary N) is 2. The van der Waals surface area contributed by atoms with E-state index in [1.54, 1.807) is 0 Å². The molecule has 2 rings (SSSR count). The van der Waals surface area contributed by atoms with E-state index in [0.717, 1.165) is 10.0 Å². The van der Waals surface area contributed by atoms with Crippen LogP contribution in [0.1, 0.15) is 49.2 Å². The molecule has 0 spiro atoms. The number of sulfonamides is 1. The second kappa shape index (κ2) is 8.79. The summed E-state index contributed by atoms with van der Waals surface area (Å²) in [4.78, 5) is 12.5. The minimum atomic E-state index is -3.57. The Balaban J connectivity index is 2.07. The number of carbonyl (C=O) groups excluding carboxylic acids is 1. The van der Waals surface area contributed by atoms with Crippen molar-refractivity contribution in [1.82, 2.24) is 10.0 Å². The molecule has 26 heavy (non-hydrogen) atoms. The van der Waals surface area contributed by atoms with Gasteiger partial charge in [-0.15, -0.1) is 0 Å². The predicted molar refractivity (Wildman–Crippen MR) is 107 cm³/mol. The Morgan fingerprint density at radius 3 is 2.15 bits per heavy atom. The van der Waals surface area contributed by atoms with Gasteiger partial charge in [0, 0.05) is 16.1 Å². The minimum Gasteiger partial charge on any atom is -0.346 e. The van der Waals surface area contributed by atoms with Gasteiger partial charge in [0.25, 0.3) is 5.91 Å². The van der Waals surface area contributed by atoms with Crippen LogP contribution in [0.2, 0.25) is 0 Å². The molecule has 0 aromatic heterocycles. The first-order valence-electron chi connectivity index (χ1n) is 8.41. The summed E-state index contributed by atoms with van der Waals surface area (Å²) in [5, 5.41) is 2.91. The lowest BCUT2D eigenvalue weighted by Crippen LogP contribution is -2.32. The summed E-state index contributed by atoms with van der Waals surface area (Å²) in [5.41, 5.74) is 1.40. The Labute approximate surface area is 163 Å². The van der Waals surface area contributed by atoms with E-state index >= 15 is 0 Å². The normalized spacial score (nSPS) is 13.8. The van der Waals surface area contributed by atoms with Crippen molar-refractivity contribution in [3.05, 3.63) is 64.1 Å². The molecule has 140 valence electrons. The maximum Gasteiger partial charge on any atom is 0.251 e. The van der Waals surface area contributed by atoms with Gasteiger partial charge in [-0.2, -0.15) is 0 Å². The van der Waals surface area contributed by atoms with Crippen molar-refractivity contribution >= 4 is 31.9 Å². The summed E-state index contributed by atoms with van der Waals surface area (Å²) < 4.78 is 28.1. The fourth-order valence-electron chi connectivity index (χ4n) is 2.32. The molecule has 0 radical (unpaired) electrons. The third-order valence-corrected chi connectivity index (χ3v) is 6.25. The van der Waals surface area contributed by atoms with Gasteiger partial charge in [0.2, 0.25) is 10.0 Å². The fraction of sp³-hybridized carbons (Fsp3) is 0.316. The maximum absolute atomic E-state index is 12.4. The summed E-state index contributed by atoms with van der Waals surface area (Å²) in [6, 6.07) is 13.3. The summed E-state index contributed by atoms with van der Waals surface area (Å²) in [7, 11) is -3.57. The van der Waals surface area contributed by atoms with Crippen LogP contribution in [0.3, 0.4) is 0 Å². The number of amides is 1. The van der Waals surface area contributed by atoms with E-state index < -0.39 is 10.0 Å². The van der Waals surface area contributed by atoms with Crippen molar-refractivity contribution in [2.24, 2.45) is 0 Å². The molecule has 5 nitrogen and oxygen atoms in total. The van der Waals surface area contributed by atoms with Crippen LogP contribution in [-0.2, 0) is 10.0 Å². The molecular formula is C19H23BrN2O3S. The zero-order valence-corrected chi connectivity index (χ0v) is 17.4. The van der Waals surface area contributed by atoms with E-state index in [4.69, 9.17) is 0 Å². The zero-order valence-electron chi connectivity index (χ0n) is 15.0. The molecule has 2 aromatic rings. The maximum atomic E-state index is 12.4. The van der Waals surface area contributed by atoms with Crippen LogP contribution in [0.5, 0.6) is 0 Å². The SMILES string of the molecule is CCC(C)NS(=O)(=O)c1ccc(C(=O)NC(C)c2ccc(Br)cc2)cc1. The minimum absolute atomic E-state index is 0.144. The molecule has 0 aliphatic carbocycles. The van der Waals surface area contributed by atoms with E-state index in [1.165, 1.54) is 24.3 Å². The van der Waals surface area contributed by atoms with Crippen molar-refractivity contribution in [3.8, 4) is 0 Å². The van der Waals surface area contributed by atoms with Crippen molar-refractivity contribution in [2.75, 3.05) is 0 Å². The van der Waals surface area contributed by atoms with Crippen LogP contribution >= 0.6 is 15.9 Å². The van der Waals surface area contributed by atoms with Gasteiger partial charge in [0.1, 0.15) is 0 Å². The molecule has 0 saturated carbocycles. The van der Waals surface area contributed by atoms with Crippen LogP contribution in [-0.4, -0.2) is 20.4 Å². The van der Waals surface area contributed by atoms with Gasteiger partial charge in [0.05, 0.1) is 10.9 Å². The second-order valence-electron chi connectivity index (χ2n) is 6.20. The predicted octanol–water partition coefficient (Wildman–Crippen LogP) is 4.02. The molecule has 0 saturated heterocycles. The quantitative estimate of drug-likeness (QED) is 0.685. The Bertz CT molecular complexity index is 849. The van der Waals surface area contributed by atoms with Crippen molar-refractivity contribution in [2.45, 2.75) is 44.2 Å². The largest absolute Gasteiger partial charge is 0.346 e. The van der Waals surface area contributed by atoms with Gasteiger partial charge in [-0.3, -0.25) is 4.79 Å². The molecule has 7 heteroatoms. The average Bonchev–Trinajstić information content (AvgIpc) is 2.61. The third-order valence-electron chi connectivity index (χ3n) is 4.11. The molecule has 0 heterocycles. The number of carbonyl (C=O) groups is 1. The van der Waals surface area contributed by atoms with E-state index in [2.05, 4.69) is 26.0 Å². The van der Waals surface area contributed by atoms with Gasteiger partial charge >= 0.3 is 0 Å². The molecule has 2 unspecified atom stereocenters. The Morgan fingerprint density at radius 2 is 1.62 bits per heavy atom. The van der Waals surface area contributed by atoms with Gasteiger partial charge < -0.3 is 5.32 Å². The Hall–Kier alpha value is -1.70. The van der Waals surface area contributed by atoms with Crippen molar-refractivity contribution in [3.63, 3.8) is 0 Å². The van der Waals surface area contributed by atoms with Crippen LogP contribution in [0, 0.1) is 0 Å². The molecule has 2 N–H and O–H groups in total. The topological polar surface area (TPSA) is 75.3 Å². The fourth-order valence-corrected chi connectivity index (χ4v) is 3.91. The lowest BCUT2D eigenvalue weighted by atomic mass is 10.1. The first-order valence-corrected chi connectivity index (χ1v) is 10.7. The van der Waals surface area contributed by atoms with E-state index in [0.29, 0.717) is 12.0 Å². The van der Waals surface area contributed by atoms with Gasteiger partial charge in [-0.05, 0) is 62.2 Å². The summed E-state index contributed by atoms with van der Waals surface area (Å²) >= 11 is 3.38. The first-order chi connectivity index (χ1) is 12.2. The number of rotatable bonds is 7. The molecule has 0 aliphatic rings. The molecule has 2 aromatic carbocycles. The van der Waals surface area contributed by atoms with Crippen LogP contribution in [0.15, 0.2) is 57.9 Å². The van der Waals surface area contributed by atoms with Gasteiger partial charge in [-0.25, -0.2) is 13.1 Å². The highest BCUT2D eigenvalue weighted by atomic mass is 79.9. The molecule has 2 atom stereocenters. The van der Waals surface area contributed by atoms with Crippen LogP contribution in [0.4, 0.5) is 0 Å². The standard InChI is InChI=1S/C19H23BrN2O3S/c1-4-13(2)22-26(24,25)18-11-7-16(8-12-18)19(23)21-14(3)15-5-9-17(20)10-6-15/h5-14,22H,4H2,1-3H3,(H,21,23). The van der Waals surface area contributed by atoms with E-state index in [9.17, 15) is 13.2 Å². The molecular weight excluding hydrogens is 416 g/mol. The van der Waals surface area contributed by atoms with Crippen molar-refractivity contribution in [1.29, 1.82) is 0 Å². The molecule has 0 aliphatic heterocycles. The van der Waals surface area contributed by atoms with Gasteiger partial charge in [-0.1, -0.05) is 35.0 Å². The van der Waals surface area contributed by atoms with Crippen molar-refractivity contribution < 1.29 is 13.2 Å². The highest BCUT2D eigenvalue weighted by molar-refractivity contribution is 9.10.